The van der Waals surface area contributed by atoms with Crippen molar-refractivity contribution in [2.75, 3.05) is 26.3 Å². The van der Waals surface area contributed by atoms with Gasteiger partial charge in [0.15, 0.2) is 0 Å². The number of carbonyl (C=O) groups is 1. The van der Waals surface area contributed by atoms with Gasteiger partial charge in [-0.25, -0.2) is 0 Å². The van der Waals surface area contributed by atoms with Gasteiger partial charge >= 0.3 is 0 Å². The molecule has 2 rings (SSSR count). The van der Waals surface area contributed by atoms with Crippen LogP contribution in [0.3, 0.4) is 0 Å². The van der Waals surface area contributed by atoms with Gasteiger partial charge in [0.05, 0.1) is 19.3 Å². The molecule has 1 amide bonds. The Morgan fingerprint density at radius 1 is 1.53 bits per heavy atom. The number of benzene rings is 1. The van der Waals surface area contributed by atoms with Crippen LogP contribution in [0.15, 0.2) is 24.3 Å². The summed E-state index contributed by atoms with van der Waals surface area (Å²) in [5.74, 6) is -0.160. The highest BCUT2D eigenvalue weighted by Crippen LogP contribution is 2.15. The van der Waals surface area contributed by atoms with Gasteiger partial charge in [-0.3, -0.25) is 4.79 Å². The van der Waals surface area contributed by atoms with Gasteiger partial charge in [-0.1, -0.05) is 23.7 Å². The average molecular weight is 285 g/mol. The molecule has 1 heterocycles. The van der Waals surface area contributed by atoms with Crippen LogP contribution in [-0.2, 0) is 9.53 Å². The molecule has 3 N–H and O–H groups in total. The predicted octanol–water partition coefficient (Wildman–Crippen LogP) is 0.478. The highest BCUT2D eigenvalue weighted by Gasteiger charge is 2.21. The fourth-order valence-corrected chi connectivity index (χ4v) is 1.98. The molecule has 1 aromatic carbocycles. The second-order valence-electron chi connectivity index (χ2n) is 4.39. The van der Waals surface area contributed by atoms with Crippen LogP contribution in [0.25, 0.3) is 0 Å². The smallest absolute Gasteiger partial charge is 0.239 e. The SMILES string of the molecule is O=C(NCC(O)c1ccc(Cl)cc1)C1COCCN1. The first kappa shape index (κ1) is 14.3. The van der Waals surface area contributed by atoms with Gasteiger partial charge < -0.3 is 20.5 Å². The number of nitrogens with one attached hydrogen (secondary N) is 2. The number of halogens is 1. The zero-order valence-corrected chi connectivity index (χ0v) is 11.2. The van der Waals surface area contributed by atoms with E-state index in [4.69, 9.17) is 16.3 Å². The summed E-state index contributed by atoms with van der Waals surface area (Å²) in [5.41, 5.74) is 0.720. The Morgan fingerprint density at radius 3 is 2.89 bits per heavy atom. The zero-order chi connectivity index (χ0) is 13.7. The van der Waals surface area contributed by atoms with E-state index in [0.29, 0.717) is 24.8 Å². The lowest BCUT2D eigenvalue weighted by Gasteiger charge is -2.23. The summed E-state index contributed by atoms with van der Waals surface area (Å²) in [6.45, 7) is 1.82. The number of carbonyl (C=O) groups excluding carboxylic acids is 1. The van der Waals surface area contributed by atoms with E-state index in [1.165, 1.54) is 0 Å². The number of hydrogen-bond donors (Lipinski definition) is 3. The molecule has 0 bridgehead atoms. The van der Waals surface area contributed by atoms with Crippen molar-refractivity contribution in [1.82, 2.24) is 10.6 Å². The molecule has 1 fully saturated rings. The average Bonchev–Trinajstić information content (AvgIpc) is 2.46. The Bertz CT molecular complexity index is 418. The molecule has 0 saturated carbocycles. The maximum absolute atomic E-state index is 11.8. The molecule has 19 heavy (non-hydrogen) atoms. The molecule has 104 valence electrons. The Labute approximate surface area is 116 Å². The number of aliphatic hydroxyl groups excluding tert-OH is 1. The summed E-state index contributed by atoms with van der Waals surface area (Å²) >= 11 is 5.77. The van der Waals surface area contributed by atoms with Crippen LogP contribution in [-0.4, -0.2) is 43.4 Å². The third-order valence-electron chi connectivity index (χ3n) is 2.96. The van der Waals surface area contributed by atoms with Crippen molar-refractivity contribution in [2.24, 2.45) is 0 Å². The molecule has 2 unspecified atom stereocenters. The van der Waals surface area contributed by atoms with Crippen LogP contribution >= 0.6 is 11.6 Å². The Hall–Kier alpha value is -1.14. The topological polar surface area (TPSA) is 70.6 Å². The molecule has 0 aliphatic carbocycles. The van der Waals surface area contributed by atoms with Crippen LogP contribution in [0.5, 0.6) is 0 Å². The quantitative estimate of drug-likeness (QED) is 0.752. The van der Waals surface area contributed by atoms with E-state index in [-0.39, 0.29) is 18.5 Å². The predicted molar refractivity (Wildman–Crippen MR) is 72.0 cm³/mol. The van der Waals surface area contributed by atoms with Gasteiger partial charge in [-0.05, 0) is 17.7 Å². The lowest BCUT2D eigenvalue weighted by Crippen LogP contribution is -2.51. The van der Waals surface area contributed by atoms with Crippen LogP contribution in [0.1, 0.15) is 11.7 Å². The van der Waals surface area contributed by atoms with Crippen LogP contribution in [0.2, 0.25) is 5.02 Å². The number of morpholine rings is 1. The normalized spacial score (nSPS) is 20.8. The fraction of sp³-hybridized carbons (Fsp3) is 0.462. The van der Waals surface area contributed by atoms with E-state index in [2.05, 4.69) is 10.6 Å². The van der Waals surface area contributed by atoms with Crippen LogP contribution in [0, 0.1) is 0 Å². The van der Waals surface area contributed by atoms with Crippen molar-refractivity contribution < 1.29 is 14.6 Å². The van der Waals surface area contributed by atoms with Crippen molar-refractivity contribution in [3.8, 4) is 0 Å². The van der Waals surface area contributed by atoms with E-state index >= 15 is 0 Å². The maximum atomic E-state index is 11.8. The number of ether oxygens (including phenoxy) is 1. The number of rotatable bonds is 4. The van der Waals surface area contributed by atoms with E-state index in [1.807, 2.05) is 0 Å². The number of aliphatic hydroxyl groups is 1. The Morgan fingerprint density at radius 2 is 2.26 bits per heavy atom. The minimum atomic E-state index is -0.745. The largest absolute Gasteiger partial charge is 0.387 e. The van der Waals surface area contributed by atoms with Crippen molar-refractivity contribution in [2.45, 2.75) is 12.1 Å². The van der Waals surface area contributed by atoms with Crippen LogP contribution in [0.4, 0.5) is 0 Å². The zero-order valence-electron chi connectivity index (χ0n) is 10.4. The highest BCUT2D eigenvalue weighted by molar-refractivity contribution is 6.30. The van der Waals surface area contributed by atoms with E-state index in [1.54, 1.807) is 24.3 Å². The molecule has 1 saturated heterocycles. The molecule has 2 atom stereocenters. The first-order chi connectivity index (χ1) is 9.16. The van der Waals surface area contributed by atoms with Crippen molar-refractivity contribution >= 4 is 17.5 Å². The molecule has 1 aromatic rings. The summed E-state index contributed by atoms with van der Waals surface area (Å²) in [6, 6.07) is 6.55. The van der Waals surface area contributed by atoms with Crippen molar-refractivity contribution in [3.63, 3.8) is 0 Å². The molecule has 0 radical (unpaired) electrons. The minimum absolute atomic E-state index is 0.160. The maximum Gasteiger partial charge on any atom is 0.239 e. The first-order valence-corrected chi connectivity index (χ1v) is 6.57. The second-order valence-corrected chi connectivity index (χ2v) is 4.83. The summed E-state index contributed by atoms with van der Waals surface area (Å²) < 4.78 is 5.21. The second kappa shape index (κ2) is 6.86. The molecule has 0 aromatic heterocycles. The number of hydrogen-bond acceptors (Lipinski definition) is 4. The summed E-state index contributed by atoms with van der Waals surface area (Å²) in [6.07, 6.45) is -0.745. The summed E-state index contributed by atoms with van der Waals surface area (Å²) in [4.78, 5) is 11.8. The minimum Gasteiger partial charge on any atom is -0.387 e. The lowest BCUT2D eigenvalue weighted by molar-refractivity contribution is -0.126. The van der Waals surface area contributed by atoms with Gasteiger partial charge in [0.25, 0.3) is 0 Å². The molecule has 1 aliphatic rings. The molecular weight excluding hydrogens is 268 g/mol. The molecule has 0 spiro atoms. The van der Waals surface area contributed by atoms with Gasteiger partial charge in [0.2, 0.25) is 5.91 Å². The van der Waals surface area contributed by atoms with E-state index in [0.717, 1.165) is 5.56 Å². The van der Waals surface area contributed by atoms with Crippen molar-refractivity contribution in [1.29, 1.82) is 0 Å². The summed E-state index contributed by atoms with van der Waals surface area (Å²) in [5, 5.41) is 16.3. The first-order valence-electron chi connectivity index (χ1n) is 6.19. The van der Waals surface area contributed by atoms with Gasteiger partial charge in [-0.2, -0.15) is 0 Å². The molecule has 6 heteroatoms. The van der Waals surface area contributed by atoms with Gasteiger partial charge in [-0.15, -0.1) is 0 Å². The van der Waals surface area contributed by atoms with Gasteiger partial charge in [0, 0.05) is 18.1 Å². The number of amides is 1. The Balaban J connectivity index is 1.80. The van der Waals surface area contributed by atoms with Crippen LogP contribution < -0.4 is 10.6 Å². The third-order valence-corrected chi connectivity index (χ3v) is 3.21. The lowest BCUT2D eigenvalue weighted by atomic mass is 10.1. The monoisotopic (exact) mass is 284 g/mol. The fourth-order valence-electron chi connectivity index (χ4n) is 1.86. The summed E-state index contributed by atoms with van der Waals surface area (Å²) in [7, 11) is 0. The molecular formula is C13H17ClN2O3. The van der Waals surface area contributed by atoms with E-state index in [9.17, 15) is 9.90 Å². The van der Waals surface area contributed by atoms with Crippen molar-refractivity contribution in [3.05, 3.63) is 34.9 Å². The Kier molecular flexibility index (Phi) is 5.15. The van der Waals surface area contributed by atoms with E-state index < -0.39 is 6.10 Å². The third kappa shape index (κ3) is 4.18. The standard InChI is InChI=1S/C13H17ClN2O3/c14-10-3-1-9(2-4-10)12(17)7-16-13(18)11-8-19-6-5-15-11/h1-4,11-12,15,17H,5-8H2,(H,16,18). The molecule has 1 aliphatic heterocycles. The highest BCUT2D eigenvalue weighted by atomic mass is 35.5. The molecule has 5 nitrogen and oxygen atoms in total. The van der Waals surface area contributed by atoms with Gasteiger partial charge in [0.1, 0.15) is 6.04 Å².